The Bertz CT molecular complexity index is 877. The van der Waals surface area contributed by atoms with Crippen molar-refractivity contribution in [1.29, 1.82) is 5.41 Å². The van der Waals surface area contributed by atoms with Crippen LogP contribution in [0.5, 0.6) is 11.5 Å². The summed E-state index contributed by atoms with van der Waals surface area (Å²) < 4.78 is 16.2. The topological polar surface area (TPSA) is 97.8 Å². The zero-order valence-corrected chi connectivity index (χ0v) is 15.5. The summed E-state index contributed by atoms with van der Waals surface area (Å²) in [4.78, 5) is 0. The van der Waals surface area contributed by atoms with Crippen molar-refractivity contribution in [3.8, 4) is 11.5 Å². The zero-order valence-electron chi connectivity index (χ0n) is 15.5. The van der Waals surface area contributed by atoms with Gasteiger partial charge < -0.3 is 30.5 Å². The van der Waals surface area contributed by atoms with Gasteiger partial charge in [0, 0.05) is 18.7 Å². The van der Waals surface area contributed by atoms with E-state index in [0.717, 1.165) is 17.7 Å². The molecule has 0 radical (unpaired) electrons. The van der Waals surface area contributed by atoms with Gasteiger partial charge in [-0.15, -0.1) is 0 Å². The number of aliphatic hydroxyl groups is 1. The Labute approximate surface area is 158 Å². The van der Waals surface area contributed by atoms with Crippen molar-refractivity contribution in [3.05, 3.63) is 58.7 Å². The first kappa shape index (κ1) is 18.9. The van der Waals surface area contributed by atoms with E-state index < -0.39 is 6.29 Å². The van der Waals surface area contributed by atoms with E-state index in [-0.39, 0.29) is 5.71 Å². The molecule has 1 aliphatic rings. The molecule has 0 amide bonds. The highest BCUT2D eigenvalue weighted by Crippen LogP contribution is 2.34. The number of anilines is 1. The van der Waals surface area contributed by atoms with Gasteiger partial charge in [-0.05, 0) is 48.4 Å². The van der Waals surface area contributed by atoms with Crippen LogP contribution in [-0.2, 0) is 11.2 Å². The molecular weight excluding hydrogens is 344 g/mol. The van der Waals surface area contributed by atoms with E-state index in [2.05, 4.69) is 6.07 Å². The summed E-state index contributed by atoms with van der Waals surface area (Å²) in [6.07, 6.45) is 3.28. The molecule has 1 aliphatic heterocycles. The van der Waals surface area contributed by atoms with Gasteiger partial charge in [0.15, 0.2) is 6.29 Å². The van der Waals surface area contributed by atoms with Crippen molar-refractivity contribution in [2.45, 2.75) is 19.6 Å². The van der Waals surface area contributed by atoms with Crippen molar-refractivity contribution in [2.24, 2.45) is 0 Å². The summed E-state index contributed by atoms with van der Waals surface area (Å²) in [5, 5.41) is 18.6. The van der Waals surface area contributed by atoms with Crippen molar-refractivity contribution < 1.29 is 19.3 Å². The first-order chi connectivity index (χ1) is 13.0. The Morgan fingerprint density at radius 1 is 1.37 bits per heavy atom. The minimum atomic E-state index is -1.14. The molecule has 1 unspecified atom stereocenters. The summed E-state index contributed by atoms with van der Waals surface area (Å²) in [7, 11) is 1.48. The number of hydrogen-bond acceptors (Lipinski definition) is 6. The SMILES string of the molecule is CCOC(O)c1ccc(N)c(C(=N)/C=C/c2ccc3c(c2)CCO3)c1OC. The average molecular weight is 368 g/mol. The number of fused-ring (bicyclic) bond motifs is 1. The lowest BCUT2D eigenvalue weighted by Gasteiger charge is -2.18. The van der Waals surface area contributed by atoms with Gasteiger partial charge in [-0.25, -0.2) is 0 Å². The van der Waals surface area contributed by atoms with E-state index in [1.54, 1.807) is 25.1 Å². The number of ether oxygens (including phenoxy) is 3. The summed E-state index contributed by atoms with van der Waals surface area (Å²) in [6.45, 7) is 2.85. The standard InChI is InChI=1S/C21H24N2O4/c1-3-26-21(24)15-6-8-17(23)19(20(15)25-2)16(22)7-4-13-5-9-18-14(12-13)10-11-27-18/h4-9,12,21-22,24H,3,10-11,23H2,1-2H3/b7-4+,22-16?. The van der Waals surface area contributed by atoms with Gasteiger partial charge in [0.2, 0.25) is 0 Å². The second-order valence-electron chi connectivity index (χ2n) is 6.17. The molecule has 0 saturated heterocycles. The predicted molar refractivity (Wildman–Crippen MR) is 105 cm³/mol. The van der Waals surface area contributed by atoms with Gasteiger partial charge in [0.05, 0.1) is 30.6 Å². The van der Waals surface area contributed by atoms with Crippen LogP contribution in [0.1, 0.15) is 35.5 Å². The number of allylic oxidation sites excluding steroid dienone is 1. The molecule has 4 N–H and O–H groups in total. The van der Waals surface area contributed by atoms with E-state index in [1.165, 1.54) is 12.7 Å². The van der Waals surface area contributed by atoms with Crippen LogP contribution in [0.25, 0.3) is 6.08 Å². The number of nitrogens with two attached hydrogens (primary N) is 1. The molecule has 0 aliphatic carbocycles. The molecule has 0 bridgehead atoms. The minimum Gasteiger partial charge on any atom is -0.495 e. The normalized spacial score (nSPS) is 14.0. The Morgan fingerprint density at radius 2 is 2.19 bits per heavy atom. The minimum absolute atomic E-state index is 0.187. The lowest BCUT2D eigenvalue weighted by atomic mass is 10.0. The highest BCUT2D eigenvalue weighted by Gasteiger charge is 2.20. The van der Waals surface area contributed by atoms with Crippen LogP contribution in [0.3, 0.4) is 0 Å². The molecule has 0 saturated carbocycles. The number of aliphatic hydroxyl groups excluding tert-OH is 1. The molecule has 0 fully saturated rings. The Morgan fingerprint density at radius 3 is 2.93 bits per heavy atom. The van der Waals surface area contributed by atoms with Crippen LogP contribution in [0.15, 0.2) is 36.4 Å². The first-order valence-electron chi connectivity index (χ1n) is 8.84. The van der Waals surface area contributed by atoms with Gasteiger partial charge in [-0.1, -0.05) is 12.1 Å². The molecule has 3 rings (SSSR count). The fourth-order valence-electron chi connectivity index (χ4n) is 3.13. The lowest BCUT2D eigenvalue weighted by molar-refractivity contribution is -0.0989. The Kier molecular flexibility index (Phi) is 5.78. The smallest absolute Gasteiger partial charge is 0.184 e. The van der Waals surface area contributed by atoms with Crippen LogP contribution in [-0.4, -0.2) is 31.1 Å². The van der Waals surface area contributed by atoms with E-state index in [1.807, 2.05) is 18.2 Å². The maximum absolute atomic E-state index is 10.2. The number of benzene rings is 2. The highest BCUT2D eigenvalue weighted by molar-refractivity contribution is 6.14. The maximum Gasteiger partial charge on any atom is 0.184 e. The number of nitrogen functional groups attached to an aromatic ring is 1. The summed E-state index contributed by atoms with van der Waals surface area (Å²) in [6, 6.07) is 9.24. The van der Waals surface area contributed by atoms with Crippen molar-refractivity contribution >= 4 is 17.5 Å². The van der Waals surface area contributed by atoms with E-state index in [4.69, 9.17) is 25.4 Å². The largest absolute Gasteiger partial charge is 0.495 e. The summed E-state index contributed by atoms with van der Waals surface area (Å²) >= 11 is 0. The van der Waals surface area contributed by atoms with Crippen LogP contribution >= 0.6 is 0 Å². The summed E-state index contributed by atoms with van der Waals surface area (Å²) in [5.41, 5.74) is 9.69. The molecule has 27 heavy (non-hydrogen) atoms. The quantitative estimate of drug-likeness (QED) is 0.396. The van der Waals surface area contributed by atoms with Gasteiger partial charge in [-0.3, -0.25) is 0 Å². The van der Waals surface area contributed by atoms with Crippen LogP contribution in [0.4, 0.5) is 5.69 Å². The van der Waals surface area contributed by atoms with Crippen LogP contribution in [0.2, 0.25) is 0 Å². The highest BCUT2D eigenvalue weighted by atomic mass is 16.6. The molecule has 0 aromatic heterocycles. The molecule has 6 heteroatoms. The molecule has 2 aromatic carbocycles. The monoisotopic (exact) mass is 368 g/mol. The van der Waals surface area contributed by atoms with Crippen LogP contribution in [0, 0.1) is 5.41 Å². The third-order valence-electron chi connectivity index (χ3n) is 4.44. The predicted octanol–water partition coefficient (Wildman–Crippen LogP) is 3.32. The third kappa shape index (κ3) is 3.97. The van der Waals surface area contributed by atoms with Crippen LogP contribution < -0.4 is 15.2 Å². The van der Waals surface area contributed by atoms with Gasteiger partial charge in [-0.2, -0.15) is 0 Å². The van der Waals surface area contributed by atoms with Gasteiger partial charge >= 0.3 is 0 Å². The lowest BCUT2D eigenvalue weighted by Crippen LogP contribution is -2.11. The molecule has 2 aromatic rings. The Balaban J connectivity index is 1.90. The molecule has 6 nitrogen and oxygen atoms in total. The van der Waals surface area contributed by atoms with E-state index in [9.17, 15) is 5.11 Å². The fraction of sp³-hybridized carbons (Fsp3) is 0.286. The van der Waals surface area contributed by atoms with E-state index >= 15 is 0 Å². The number of hydrogen-bond donors (Lipinski definition) is 3. The third-order valence-corrected chi connectivity index (χ3v) is 4.44. The molecule has 0 spiro atoms. The second-order valence-corrected chi connectivity index (χ2v) is 6.17. The fourth-order valence-corrected chi connectivity index (χ4v) is 3.13. The molecule has 1 heterocycles. The molecule has 1 atom stereocenters. The zero-order chi connectivity index (χ0) is 19.4. The maximum atomic E-state index is 10.2. The average Bonchev–Trinajstić information content (AvgIpc) is 3.13. The van der Waals surface area contributed by atoms with Gasteiger partial charge in [0.1, 0.15) is 11.5 Å². The number of methoxy groups -OCH3 is 1. The van der Waals surface area contributed by atoms with Gasteiger partial charge in [0.25, 0.3) is 0 Å². The number of rotatable bonds is 7. The van der Waals surface area contributed by atoms with Crippen molar-refractivity contribution in [1.82, 2.24) is 0 Å². The Hall–Kier alpha value is -2.83. The van der Waals surface area contributed by atoms with Crippen molar-refractivity contribution in [2.75, 3.05) is 26.1 Å². The second kappa shape index (κ2) is 8.24. The van der Waals surface area contributed by atoms with Crippen molar-refractivity contribution in [3.63, 3.8) is 0 Å². The number of nitrogens with one attached hydrogen (secondary N) is 1. The molecular formula is C21H24N2O4. The summed E-state index contributed by atoms with van der Waals surface area (Å²) in [5.74, 6) is 1.26. The van der Waals surface area contributed by atoms with E-state index in [0.29, 0.717) is 35.8 Å². The molecule has 142 valence electrons. The first-order valence-corrected chi connectivity index (χ1v) is 8.84.